The van der Waals surface area contributed by atoms with Gasteiger partial charge in [0.2, 0.25) is 5.88 Å². The number of rotatable bonds is 6. The zero-order valence-electron chi connectivity index (χ0n) is 21.0. The maximum atomic E-state index is 15.5. The molecule has 0 unspecified atom stereocenters. The number of aromatic amines is 1. The van der Waals surface area contributed by atoms with Crippen molar-refractivity contribution >= 4 is 39.2 Å². The minimum Gasteiger partial charge on any atom is -0.460 e. The summed E-state index contributed by atoms with van der Waals surface area (Å²) in [6, 6.07) is 3.11. The third kappa shape index (κ3) is 4.80. The van der Waals surface area contributed by atoms with Crippen molar-refractivity contribution < 1.29 is 18.3 Å². The topological polar surface area (TPSA) is 92.3 Å². The van der Waals surface area contributed by atoms with Crippen LogP contribution in [-0.2, 0) is 0 Å². The van der Waals surface area contributed by atoms with Crippen molar-refractivity contribution in [2.45, 2.75) is 37.8 Å². The minimum atomic E-state index is -1.49. The number of nitrogens with zero attached hydrogens (tertiary/aromatic N) is 6. The second-order valence-corrected chi connectivity index (χ2v) is 10.5. The smallest absolute Gasteiger partial charge is 0.319 e. The van der Waals surface area contributed by atoms with Crippen LogP contribution in [0.3, 0.4) is 0 Å². The molecule has 2 aliphatic heterocycles. The molecule has 3 aromatic heterocycles. The first-order chi connectivity index (χ1) is 18.4. The van der Waals surface area contributed by atoms with E-state index in [1.165, 1.54) is 12.3 Å². The highest BCUT2D eigenvalue weighted by Gasteiger charge is 2.35. The van der Waals surface area contributed by atoms with Crippen LogP contribution in [0.5, 0.6) is 17.6 Å². The average molecular weight is 544 g/mol. The molecule has 38 heavy (non-hydrogen) atoms. The number of piperidine rings is 2. The second kappa shape index (κ2) is 10.1. The van der Waals surface area contributed by atoms with Gasteiger partial charge in [-0.2, -0.15) is 15.1 Å². The summed E-state index contributed by atoms with van der Waals surface area (Å²) >= 11 is 6.30. The summed E-state index contributed by atoms with van der Waals surface area (Å²) in [5.41, 5.74) is -0.698. The maximum absolute atomic E-state index is 15.5. The number of hydrogen-bond acceptors (Lipinski definition) is 8. The summed E-state index contributed by atoms with van der Waals surface area (Å²) in [5.74, 6) is 0.195. The summed E-state index contributed by atoms with van der Waals surface area (Å²) < 4.78 is 42.1. The molecule has 0 amide bonds. The lowest BCUT2D eigenvalue weighted by atomic mass is 9.96. The van der Waals surface area contributed by atoms with E-state index in [9.17, 15) is 4.39 Å². The van der Waals surface area contributed by atoms with Crippen LogP contribution in [-0.4, -0.2) is 75.6 Å². The highest BCUT2D eigenvalue weighted by atomic mass is 35.5. The molecule has 2 fully saturated rings. The first-order valence-corrected chi connectivity index (χ1v) is 13.2. The van der Waals surface area contributed by atoms with E-state index in [1.54, 1.807) is 6.20 Å². The van der Waals surface area contributed by atoms with E-state index < -0.39 is 11.5 Å². The van der Waals surface area contributed by atoms with Crippen molar-refractivity contribution in [2.75, 3.05) is 44.7 Å². The highest BCUT2D eigenvalue weighted by Crippen LogP contribution is 2.40. The fraction of sp³-hybridized carbons (Fsp3) is 0.462. The van der Waals surface area contributed by atoms with Crippen LogP contribution in [0.2, 0.25) is 5.02 Å². The van der Waals surface area contributed by atoms with Gasteiger partial charge in [-0.1, -0.05) is 11.6 Å². The normalized spacial score (nSPS) is 20.8. The van der Waals surface area contributed by atoms with Gasteiger partial charge in [-0.05, 0) is 51.8 Å². The standard InChI is InChI=1S/C26H28ClF2N7O2/c1-35-9-5-7-26(29,14-35)15-37-25-32-21-16(23(33-25)36-10-3-2-4-11-36)6-8-30-24(21)38-22-17-13-31-34-19(17)12-18(28)20(22)27/h6,8,12-13H,2-5,7,9-11,14-15H2,1H3,(H,31,34)/t26-/m0/s1. The van der Waals surface area contributed by atoms with E-state index in [0.717, 1.165) is 45.3 Å². The average Bonchev–Trinajstić information content (AvgIpc) is 3.38. The quantitative estimate of drug-likeness (QED) is 0.351. The summed E-state index contributed by atoms with van der Waals surface area (Å²) in [6.07, 6.45) is 7.48. The molecule has 1 aromatic carbocycles. The van der Waals surface area contributed by atoms with E-state index in [4.69, 9.17) is 26.1 Å². The first kappa shape index (κ1) is 25.0. The number of hydrogen-bond donors (Lipinski definition) is 1. The molecule has 1 atom stereocenters. The van der Waals surface area contributed by atoms with Crippen LogP contribution in [0.15, 0.2) is 24.5 Å². The van der Waals surface area contributed by atoms with Crippen molar-refractivity contribution in [1.82, 2.24) is 30.0 Å². The summed E-state index contributed by atoms with van der Waals surface area (Å²) in [6.45, 7) is 2.63. The molecule has 0 radical (unpaired) electrons. The van der Waals surface area contributed by atoms with Crippen LogP contribution >= 0.6 is 11.6 Å². The number of ether oxygens (including phenoxy) is 2. The minimum absolute atomic E-state index is 0.0416. The first-order valence-electron chi connectivity index (χ1n) is 12.8. The number of halogens is 3. The van der Waals surface area contributed by atoms with E-state index in [1.807, 2.05) is 18.0 Å². The lowest BCUT2D eigenvalue weighted by molar-refractivity contribution is 0.0136. The summed E-state index contributed by atoms with van der Waals surface area (Å²) in [4.78, 5) is 17.8. The highest BCUT2D eigenvalue weighted by molar-refractivity contribution is 6.33. The Labute approximate surface area is 223 Å². The third-order valence-corrected chi connectivity index (χ3v) is 7.52. The second-order valence-electron chi connectivity index (χ2n) is 10.1. The molecule has 5 heterocycles. The number of alkyl halides is 1. The molecule has 12 heteroatoms. The van der Waals surface area contributed by atoms with Gasteiger partial charge in [-0.25, -0.2) is 13.8 Å². The number of aromatic nitrogens is 5. The summed E-state index contributed by atoms with van der Waals surface area (Å²) in [7, 11) is 1.90. The Morgan fingerprint density at radius 2 is 1.97 bits per heavy atom. The van der Waals surface area contributed by atoms with Gasteiger partial charge in [0.25, 0.3) is 0 Å². The molecular formula is C26H28ClF2N7O2. The lowest BCUT2D eigenvalue weighted by Gasteiger charge is -2.34. The van der Waals surface area contributed by atoms with Crippen molar-refractivity contribution in [3.8, 4) is 17.6 Å². The number of anilines is 1. The van der Waals surface area contributed by atoms with Gasteiger partial charge < -0.3 is 19.3 Å². The molecule has 6 rings (SSSR count). The molecule has 2 saturated heterocycles. The Kier molecular flexibility index (Phi) is 6.65. The molecule has 0 saturated carbocycles. The Hall–Kier alpha value is -3.31. The Balaban J connectivity index is 1.42. The third-order valence-electron chi connectivity index (χ3n) is 7.17. The van der Waals surface area contributed by atoms with Crippen LogP contribution in [0.25, 0.3) is 21.8 Å². The largest absolute Gasteiger partial charge is 0.460 e. The van der Waals surface area contributed by atoms with Crippen LogP contribution in [0, 0.1) is 5.82 Å². The molecule has 0 spiro atoms. The molecular weight excluding hydrogens is 516 g/mol. The Morgan fingerprint density at radius 3 is 2.79 bits per heavy atom. The van der Waals surface area contributed by atoms with Gasteiger partial charge in [0.15, 0.2) is 11.4 Å². The summed E-state index contributed by atoms with van der Waals surface area (Å²) in [5, 5.41) is 7.71. The van der Waals surface area contributed by atoms with Gasteiger partial charge in [0.1, 0.15) is 28.8 Å². The number of nitrogens with one attached hydrogen (secondary N) is 1. The Bertz CT molecular complexity index is 1480. The number of benzene rings is 1. The van der Waals surface area contributed by atoms with Crippen molar-refractivity contribution in [3.63, 3.8) is 0 Å². The van der Waals surface area contributed by atoms with E-state index in [-0.39, 0.29) is 35.8 Å². The van der Waals surface area contributed by atoms with E-state index in [2.05, 4.69) is 25.1 Å². The molecule has 0 aliphatic carbocycles. The number of pyridine rings is 1. The maximum Gasteiger partial charge on any atom is 0.319 e. The van der Waals surface area contributed by atoms with Crippen LogP contribution < -0.4 is 14.4 Å². The molecule has 0 bridgehead atoms. The SMILES string of the molecule is CN1CCC[C@@](F)(COc2nc(N3CCCCC3)c3ccnc(Oc4c(Cl)c(F)cc5[nH]ncc45)c3n2)C1. The van der Waals surface area contributed by atoms with E-state index in [0.29, 0.717) is 34.0 Å². The van der Waals surface area contributed by atoms with Crippen molar-refractivity contribution in [2.24, 2.45) is 0 Å². The van der Waals surface area contributed by atoms with Gasteiger partial charge in [0, 0.05) is 31.9 Å². The molecule has 200 valence electrons. The zero-order valence-corrected chi connectivity index (χ0v) is 21.8. The number of likely N-dealkylation sites (tertiary alicyclic amines) is 1. The molecule has 1 N–H and O–H groups in total. The molecule has 9 nitrogen and oxygen atoms in total. The number of fused-ring (bicyclic) bond motifs is 2. The zero-order chi connectivity index (χ0) is 26.3. The molecule has 4 aromatic rings. The fourth-order valence-electron chi connectivity index (χ4n) is 5.30. The van der Waals surface area contributed by atoms with E-state index >= 15 is 4.39 Å². The van der Waals surface area contributed by atoms with Gasteiger partial charge in [-0.3, -0.25) is 5.10 Å². The lowest BCUT2D eigenvalue weighted by Crippen LogP contribution is -2.47. The molecule has 2 aliphatic rings. The Morgan fingerprint density at radius 1 is 1.13 bits per heavy atom. The number of H-pyrrole nitrogens is 1. The van der Waals surface area contributed by atoms with Crippen LogP contribution in [0.1, 0.15) is 32.1 Å². The van der Waals surface area contributed by atoms with Crippen molar-refractivity contribution in [3.05, 3.63) is 35.4 Å². The fourth-order valence-corrected chi connectivity index (χ4v) is 5.50. The van der Waals surface area contributed by atoms with Gasteiger partial charge in [0.05, 0.1) is 22.5 Å². The van der Waals surface area contributed by atoms with Crippen molar-refractivity contribution in [1.29, 1.82) is 0 Å². The van der Waals surface area contributed by atoms with Gasteiger partial charge >= 0.3 is 6.01 Å². The van der Waals surface area contributed by atoms with Crippen LogP contribution in [0.4, 0.5) is 14.6 Å². The monoisotopic (exact) mass is 543 g/mol. The predicted molar refractivity (Wildman–Crippen MR) is 141 cm³/mol. The predicted octanol–water partition coefficient (Wildman–Crippen LogP) is 5.29. The van der Waals surface area contributed by atoms with Gasteiger partial charge in [-0.15, -0.1) is 0 Å².